The molecule has 0 aromatic heterocycles. The van der Waals surface area contributed by atoms with Crippen LogP contribution >= 0.6 is 0 Å². The van der Waals surface area contributed by atoms with Crippen LogP contribution in [0.1, 0.15) is 18.0 Å². The van der Waals surface area contributed by atoms with Gasteiger partial charge >= 0.3 is 0 Å². The van der Waals surface area contributed by atoms with Crippen molar-refractivity contribution in [1.82, 2.24) is 0 Å². The first-order chi connectivity index (χ1) is 6.85. The lowest BCUT2D eigenvalue weighted by molar-refractivity contribution is 0.267. The smallest absolute Gasteiger partial charge is 0.128 e. The molecule has 1 unspecified atom stereocenters. The highest BCUT2D eigenvalue weighted by molar-refractivity contribution is 5.43. The summed E-state index contributed by atoms with van der Waals surface area (Å²) in [7, 11) is 1.60. The molecular weight excluding hydrogens is 182 g/mol. The number of benzene rings is 1. The molecule has 2 rings (SSSR count). The fraction of sp³-hybridized carbons (Fsp3) is 0.400. The van der Waals surface area contributed by atoms with Crippen LogP contribution in [0.25, 0.3) is 0 Å². The van der Waals surface area contributed by atoms with E-state index in [1.807, 2.05) is 12.1 Å². The molecule has 0 spiro atoms. The maximum Gasteiger partial charge on any atom is 0.128 e. The highest BCUT2D eigenvalue weighted by Gasteiger charge is 2.22. The molecule has 0 bridgehead atoms. The van der Waals surface area contributed by atoms with Crippen LogP contribution in [-0.4, -0.2) is 13.7 Å². The molecule has 0 amide bonds. The first-order valence-electron chi connectivity index (χ1n) is 4.48. The van der Waals surface area contributed by atoms with Crippen molar-refractivity contribution in [2.75, 3.05) is 13.7 Å². The Kier molecular flexibility index (Phi) is 2.35. The van der Waals surface area contributed by atoms with Gasteiger partial charge in [-0.05, 0) is 12.1 Å². The second-order valence-corrected chi connectivity index (χ2v) is 3.16. The van der Waals surface area contributed by atoms with E-state index in [-0.39, 0.29) is 6.04 Å². The molecule has 1 heterocycles. The summed E-state index contributed by atoms with van der Waals surface area (Å²) in [5.74, 6) is 1.44. The lowest BCUT2D eigenvalue weighted by Gasteiger charge is -2.21. The summed E-state index contributed by atoms with van der Waals surface area (Å²) >= 11 is 0. The van der Waals surface area contributed by atoms with Crippen LogP contribution in [0.3, 0.4) is 0 Å². The summed E-state index contributed by atoms with van der Waals surface area (Å²) in [6.07, 6.45) is 0.656. The molecule has 4 heteroatoms. The number of ether oxygens (including phenoxy) is 2. The molecule has 1 aliphatic heterocycles. The minimum Gasteiger partial charge on any atom is -0.497 e. The highest BCUT2D eigenvalue weighted by atomic mass is 16.5. The average Bonchev–Trinajstić information content (AvgIpc) is 2.27. The second-order valence-electron chi connectivity index (χ2n) is 3.16. The Morgan fingerprint density at radius 2 is 2.43 bits per heavy atom. The number of hydrogen-bond acceptors (Lipinski definition) is 4. The largest absolute Gasteiger partial charge is 0.497 e. The Bertz CT molecular complexity index is 351. The predicted molar refractivity (Wildman–Crippen MR) is 51.6 cm³/mol. The van der Waals surface area contributed by atoms with Crippen molar-refractivity contribution in [1.29, 1.82) is 0 Å². The van der Waals surface area contributed by atoms with Crippen LogP contribution in [0.4, 0.5) is 0 Å². The van der Waals surface area contributed by atoms with E-state index in [0.717, 1.165) is 11.3 Å². The number of rotatable bonds is 2. The fourth-order valence-electron chi connectivity index (χ4n) is 1.59. The third kappa shape index (κ3) is 1.43. The van der Waals surface area contributed by atoms with E-state index in [4.69, 9.17) is 9.47 Å². The van der Waals surface area contributed by atoms with Crippen molar-refractivity contribution in [2.24, 2.45) is 5.18 Å². The van der Waals surface area contributed by atoms with Gasteiger partial charge in [-0.1, -0.05) is 5.18 Å². The van der Waals surface area contributed by atoms with Gasteiger partial charge in [-0.25, -0.2) is 0 Å². The van der Waals surface area contributed by atoms with Crippen LogP contribution in [0.2, 0.25) is 0 Å². The molecule has 0 aliphatic carbocycles. The minimum atomic E-state index is -0.273. The van der Waals surface area contributed by atoms with Gasteiger partial charge in [-0.2, -0.15) is 4.91 Å². The molecular formula is C10H11NO3. The average molecular weight is 193 g/mol. The Balaban J connectivity index is 2.40. The molecule has 0 fully saturated rings. The van der Waals surface area contributed by atoms with E-state index in [0.29, 0.717) is 18.8 Å². The number of hydrogen-bond donors (Lipinski definition) is 0. The summed E-state index contributed by atoms with van der Waals surface area (Å²) in [4.78, 5) is 10.5. The van der Waals surface area contributed by atoms with Gasteiger partial charge in [-0.15, -0.1) is 0 Å². The van der Waals surface area contributed by atoms with Crippen molar-refractivity contribution in [3.63, 3.8) is 0 Å². The van der Waals surface area contributed by atoms with Gasteiger partial charge in [0.25, 0.3) is 0 Å². The molecule has 0 saturated heterocycles. The van der Waals surface area contributed by atoms with Crippen LogP contribution in [0.5, 0.6) is 11.5 Å². The van der Waals surface area contributed by atoms with Gasteiger partial charge in [-0.3, -0.25) is 0 Å². The zero-order chi connectivity index (χ0) is 9.97. The van der Waals surface area contributed by atoms with Crippen molar-refractivity contribution in [3.05, 3.63) is 28.7 Å². The summed E-state index contributed by atoms with van der Waals surface area (Å²) in [6.45, 7) is 0.538. The van der Waals surface area contributed by atoms with Crippen LogP contribution < -0.4 is 9.47 Å². The lowest BCUT2D eigenvalue weighted by atomic mass is 10.0. The van der Waals surface area contributed by atoms with Gasteiger partial charge in [0.15, 0.2) is 0 Å². The number of nitroso groups, excluding NO2 is 1. The summed E-state index contributed by atoms with van der Waals surface area (Å²) in [6, 6.07) is 5.15. The maximum absolute atomic E-state index is 10.5. The van der Waals surface area contributed by atoms with Gasteiger partial charge in [0, 0.05) is 18.1 Å². The van der Waals surface area contributed by atoms with Crippen molar-refractivity contribution >= 4 is 0 Å². The summed E-state index contributed by atoms with van der Waals surface area (Å²) in [5.41, 5.74) is 0.854. The predicted octanol–water partition coefficient (Wildman–Crippen LogP) is 2.29. The number of methoxy groups -OCH3 is 1. The molecule has 0 saturated carbocycles. The fourth-order valence-corrected chi connectivity index (χ4v) is 1.59. The molecule has 0 radical (unpaired) electrons. The first-order valence-corrected chi connectivity index (χ1v) is 4.48. The van der Waals surface area contributed by atoms with E-state index in [1.165, 1.54) is 0 Å². The molecule has 1 aliphatic rings. The molecule has 1 aromatic carbocycles. The first kappa shape index (κ1) is 8.99. The Morgan fingerprint density at radius 3 is 3.14 bits per heavy atom. The van der Waals surface area contributed by atoms with Crippen LogP contribution in [0.15, 0.2) is 23.4 Å². The quantitative estimate of drug-likeness (QED) is 0.677. The molecule has 74 valence electrons. The van der Waals surface area contributed by atoms with Gasteiger partial charge in [0.1, 0.15) is 17.5 Å². The van der Waals surface area contributed by atoms with Gasteiger partial charge < -0.3 is 9.47 Å². The van der Waals surface area contributed by atoms with Crippen molar-refractivity contribution in [2.45, 2.75) is 12.5 Å². The Hall–Kier alpha value is -1.58. The van der Waals surface area contributed by atoms with Gasteiger partial charge in [0.2, 0.25) is 0 Å². The van der Waals surface area contributed by atoms with Crippen molar-refractivity contribution < 1.29 is 9.47 Å². The highest BCUT2D eigenvalue weighted by Crippen LogP contribution is 2.36. The van der Waals surface area contributed by atoms with Crippen molar-refractivity contribution in [3.8, 4) is 11.5 Å². The number of fused-ring (bicyclic) bond motifs is 1. The molecule has 14 heavy (non-hydrogen) atoms. The third-order valence-electron chi connectivity index (χ3n) is 2.36. The molecule has 0 N–H and O–H groups in total. The zero-order valence-corrected chi connectivity index (χ0v) is 7.90. The Labute approximate surface area is 81.8 Å². The normalized spacial score (nSPS) is 19.4. The van der Waals surface area contributed by atoms with E-state index in [2.05, 4.69) is 5.18 Å². The van der Waals surface area contributed by atoms with E-state index < -0.39 is 0 Å². The van der Waals surface area contributed by atoms with Crippen LogP contribution in [0, 0.1) is 4.91 Å². The molecule has 4 nitrogen and oxygen atoms in total. The van der Waals surface area contributed by atoms with Crippen LogP contribution in [-0.2, 0) is 0 Å². The standard InChI is InChI=1S/C10H11NO3/c1-13-7-2-3-8-9(11-12)4-5-14-10(8)6-7/h2-3,6,9H,4-5H2,1H3. The van der Waals surface area contributed by atoms with E-state index in [1.54, 1.807) is 13.2 Å². The molecule has 1 aromatic rings. The van der Waals surface area contributed by atoms with E-state index in [9.17, 15) is 4.91 Å². The Morgan fingerprint density at radius 1 is 1.57 bits per heavy atom. The number of nitrogens with zero attached hydrogens (tertiary/aromatic N) is 1. The minimum absolute atomic E-state index is 0.273. The zero-order valence-electron chi connectivity index (χ0n) is 7.90. The topological polar surface area (TPSA) is 47.9 Å². The van der Waals surface area contributed by atoms with Gasteiger partial charge in [0.05, 0.1) is 13.7 Å². The molecule has 1 atom stereocenters. The second kappa shape index (κ2) is 3.65. The maximum atomic E-state index is 10.5. The third-order valence-corrected chi connectivity index (χ3v) is 2.36. The SMILES string of the molecule is COc1ccc2c(c1)OCCC2N=O. The lowest BCUT2D eigenvalue weighted by Crippen LogP contribution is -2.12. The van der Waals surface area contributed by atoms with E-state index >= 15 is 0 Å². The summed E-state index contributed by atoms with van der Waals surface area (Å²) < 4.78 is 10.5. The monoisotopic (exact) mass is 193 g/mol. The summed E-state index contributed by atoms with van der Waals surface area (Å²) in [5, 5.41) is 3.07.